The monoisotopic (exact) mass is 326 g/mol. The average molecular weight is 326 g/mol. The van der Waals surface area contributed by atoms with Crippen LogP contribution >= 0.6 is 0 Å². The molecule has 0 aromatic carbocycles. The van der Waals surface area contributed by atoms with Crippen molar-refractivity contribution >= 4 is 11.8 Å². The molecule has 0 bridgehead atoms. The van der Waals surface area contributed by atoms with Crippen LogP contribution in [0.4, 0.5) is 0 Å². The summed E-state index contributed by atoms with van der Waals surface area (Å²) >= 11 is 0. The quantitative estimate of drug-likeness (QED) is 0.674. The normalized spacial score (nSPS) is 21.9. The lowest BCUT2D eigenvalue weighted by molar-refractivity contribution is -0.133. The highest BCUT2D eigenvalue weighted by Crippen LogP contribution is 2.17. The Morgan fingerprint density at radius 1 is 1.22 bits per heavy atom. The first-order valence-electron chi connectivity index (χ1n) is 8.60. The van der Waals surface area contributed by atoms with Gasteiger partial charge in [-0.2, -0.15) is 0 Å². The van der Waals surface area contributed by atoms with Crippen LogP contribution in [-0.2, 0) is 14.3 Å². The number of methoxy groups -OCH3 is 1. The summed E-state index contributed by atoms with van der Waals surface area (Å²) in [5.41, 5.74) is 0. The number of carbonyl (C=O) groups excluding carboxylic acids is 2. The number of likely N-dealkylation sites (tertiary alicyclic amines) is 1. The highest BCUT2D eigenvalue weighted by molar-refractivity contribution is 5.79. The van der Waals surface area contributed by atoms with Crippen LogP contribution in [-0.4, -0.2) is 87.2 Å². The summed E-state index contributed by atoms with van der Waals surface area (Å²) in [5, 5.41) is 6.25. The van der Waals surface area contributed by atoms with E-state index in [1.165, 1.54) is 0 Å². The highest BCUT2D eigenvalue weighted by atomic mass is 16.5. The molecule has 132 valence electrons. The van der Waals surface area contributed by atoms with Gasteiger partial charge in [-0.25, -0.2) is 0 Å². The van der Waals surface area contributed by atoms with Gasteiger partial charge in [0, 0.05) is 45.2 Å². The van der Waals surface area contributed by atoms with Crippen molar-refractivity contribution < 1.29 is 14.3 Å². The maximum Gasteiger partial charge on any atom is 0.236 e. The molecule has 0 spiro atoms. The van der Waals surface area contributed by atoms with Gasteiger partial charge in [0.15, 0.2) is 0 Å². The van der Waals surface area contributed by atoms with Crippen LogP contribution in [0, 0.1) is 5.92 Å². The molecule has 7 heteroatoms. The number of ether oxygens (including phenoxy) is 1. The Morgan fingerprint density at radius 3 is 2.48 bits per heavy atom. The molecular weight excluding hydrogens is 296 g/mol. The van der Waals surface area contributed by atoms with Crippen molar-refractivity contribution in [2.45, 2.75) is 25.8 Å². The van der Waals surface area contributed by atoms with Gasteiger partial charge in [-0.3, -0.25) is 14.5 Å². The van der Waals surface area contributed by atoms with E-state index in [0.717, 1.165) is 52.1 Å². The minimum atomic E-state index is 0.0415. The number of piperazine rings is 1. The van der Waals surface area contributed by atoms with E-state index >= 15 is 0 Å². The predicted octanol–water partition coefficient (Wildman–Crippen LogP) is -0.719. The van der Waals surface area contributed by atoms with Gasteiger partial charge in [0.25, 0.3) is 0 Å². The van der Waals surface area contributed by atoms with Crippen molar-refractivity contribution in [2.24, 2.45) is 5.92 Å². The third kappa shape index (κ3) is 5.75. The van der Waals surface area contributed by atoms with Crippen LogP contribution in [0.3, 0.4) is 0 Å². The SMILES string of the molecule is COCC(C)NC(=O)C1CCN(CC(=O)N2CCNCC2)CC1. The minimum Gasteiger partial charge on any atom is -0.383 e. The van der Waals surface area contributed by atoms with Crippen molar-refractivity contribution in [1.29, 1.82) is 0 Å². The summed E-state index contributed by atoms with van der Waals surface area (Å²) < 4.78 is 5.04. The Balaban J connectivity index is 1.68. The van der Waals surface area contributed by atoms with Crippen molar-refractivity contribution in [3.8, 4) is 0 Å². The van der Waals surface area contributed by atoms with E-state index < -0.39 is 0 Å². The molecule has 2 aliphatic rings. The number of nitrogens with zero attached hydrogens (tertiary/aromatic N) is 2. The van der Waals surface area contributed by atoms with Gasteiger partial charge in [-0.05, 0) is 32.9 Å². The maximum atomic E-state index is 12.3. The lowest BCUT2D eigenvalue weighted by Crippen LogP contribution is -2.51. The minimum absolute atomic E-state index is 0.0415. The van der Waals surface area contributed by atoms with Gasteiger partial charge in [0.1, 0.15) is 0 Å². The fourth-order valence-corrected chi connectivity index (χ4v) is 3.21. The molecule has 2 heterocycles. The first-order chi connectivity index (χ1) is 11.1. The molecule has 2 amide bonds. The Labute approximate surface area is 138 Å². The number of amides is 2. The van der Waals surface area contributed by atoms with Gasteiger partial charge in [-0.15, -0.1) is 0 Å². The third-order valence-corrected chi connectivity index (χ3v) is 4.59. The fraction of sp³-hybridized carbons (Fsp3) is 0.875. The molecule has 2 fully saturated rings. The van der Waals surface area contributed by atoms with Crippen molar-refractivity contribution in [3.05, 3.63) is 0 Å². The molecule has 1 unspecified atom stereocenters. The molecule has 2 saturated heterocycles. The Bertz CT molecular complexity index is 391. The number of rotatable bonds is 6. The van der Waals surface area contributed by atoms with E-state index in [4.69, 9.17) is 4.74 Å². The molecule has 2 rings (SSSR count). The largest absolute Gasteiger partial charge is 0.383 e. The Morgan fingerprint density at radius 2 is 1.87 bits per heavy atom. The fourth-order valence-electron chi connectivity index (χ4n) is 3.21. The maximum absolute atomic E-state index is 12.3. The van der Waals surface area contributed by atoms with E-state index in [9.17, 15) is 9.59 Å². The average Bonchev–Trinajstić information content (AvgIpc) is 2.56. The van der Waals surface area contributed by atoms with Gasteiger partial charge >= 0.3 is 0 Å². The molecule has 0 aromatic heterocycles. The summed E-state index contributed by atoms with van der Waals surface area (Å²) in [4.78, 5) is 28.6. The smallest absolute Gasteiger partial charge is 0.236 e. The zero-order valence-corrected chi connectivity index (χ0v) is 14.3. The van der Waals surface area contributed by atoms with E-state index in [1.54, 1.807) is 7.11 Å². The van der Waals surface area contributed by atoms with Crippen LogP contribution in [0.2, 0.25) is 0 Å². The summed E-state index contributed by atoms with van der Waals surface area (Å²) in [6, 6.07) is 0.0415. The number of nitrogens with one attached hydrogen (secondary N) is 2. The van der Waals surface area contributed by atoms with Crippen molar-refractivity contribution in [3.63, 3.8) is 0 Å². The third-order valence-electron chi connectivity index (χ3n) is 4.59. The molecule has 2 aliphatic heterocycles. The van der Waals surface area contributed by atoms with Crippen molar-refractivity contribution in [1.82, 2.24) is 20.4 Å². The van der Waals surface area contributed by atoms with Gasteiger partial charge in [-0.1, -0.05) is 0 Å². The predicted molar refractivity (Wildman–Crippen MR) is 88.1 cm³/mol. The van der Waals surface area contributed by atoms with Crippen LogP contribution in [0.15, 0.2) is 0 Å². The molecule has 7 nitrogen and oxygen atoms in total. The van der Waals surface area contributed by atoms with E-state index in [-0.39, 0.29) is 23.8 Å². The first kappa shape index (κ1) is 18.2. The summed E-state index contributed by atoms with van der Waals surface area (Å²) in [7, 11) is 1.64. The second-order valence-corrected chi connectivity index (χ2v) is 6.55. The number of piperidine rings is 1. The van der Waals surface area contributed by atoms with Crippen LogP contribution in [0.1, 0.15) is 19.8 Å². The van der Waals surface area contributed by atoms with Crippen LogP contribution in [0.25, 0.3) is 0 Å². The molecule has 0 saturated carbocycles. The molecule has 1 atom stereocenters. The van der Waals surface area contributed by atoms with Gasteiger partial charge in [0.05, 0.1) is 13.2 Å². The van der Waals surface area contributed by atoms with E-state index in [1.807, 2.05) is 11.8 Å². The molecule has 2 N–H and O–H groups in total. The van der Waals surface area contributed by atoms with E-state index in [2.05, 4.69) is 15.5 Å². The van der Waals surface area contributed by atoms with Gasteiger partial charge < -0.3 is 20.3 Å². The summed E-state index contributed by atoms with van der Waals surface area (Å²) in [5.74, 6) is 0.380. The molecular formula is C16H30N4O3. The second kappa shape index (κ2) is 9.20. The summed E-state index contributed by atoms with van der Waals surface area (Å²) in [6.45, 7) is 7.95. The van der Waals surface area contributed by atoms with Crippen molar-refractivity contribution in [2.75, 3.05) is 59.5 Å². The standard InChI is InChI=1S/C16H30N4O3/c1-13(12-23-2)18-16(22)14-3-7-19(8-4-14)11-15(21)20-9-5-17-6-10-20/h13-14,17H,3-12H2,1-2H3,(H,18,22). The lowest BCUT2D eigenvalue weighted by atomic mass is 9.95. The van der Waals surface area contributed by atoms with Gasteiger partial charge in [0.2, 0.25) is 11.8 Å². The lowest BCUT2D eigenvalue weighted by Gasteiger charge is -2.34. The molecule has 23 heavy (non-hydrogen) atoms. The zero-order chi connectivity index (χ0) is 16.7. The van der Waals surface area contributed by atoms with Crippen LogP contribution < -0.4 is 10.6 Å². The second-order valence-electron chi connectivity index (χ2n) is 6.55. The van der Waals surface area contributed by atoms with E-state index in [0.29, 0.717) is 13.2 Å². The molecule has 0 aromatic rings. The number of hydrogen-bond acceptors (Lipinski definition) is 5. The molecule has 0 radical (unpaired) electrons. The Kier molecular flexibility index (Phi) is 7.26. The number of hydrogen-bond donors (Lipinski definition) is 2. The summed E-state index contributed by atoms with van der Waals surface area (Å²) in [6.07, 6.45) is 1.64. The topological polar surface area (TPSA) is 73.9 Å². The van der Waals surface area contributed by atoms with Crippen LogP contribution in [0.5, 0.6) is 0 Å². The Hall–Kier alpha value is -1.18. The highest BCUT2D eigenvalue weighted by Gasteiger charge is 2.27. The zero-order valence-electron chi connectivity index (χ0n) is 14.3. The molecule has 0 aliphatic carbocycles. The number of carbonyl (C=O) groups is 2. The first-order valence-corrected chi connectivity index (χ1v) is 8.60.